The average molecular weight is 415 g/mol. The number of aliphatic carboxylic acids is 1. The number of unbranched alkanes of at least 4 members (excludes halogenated alkanes) is 5. The third-order valence-corrected chi connectivity index (χ3v) is 7.80. The van der Waals surface area contributed by atoms with Crippen molar-refractivity contribution in [3.05, 3.63) is 0 Å². The monoisotopic (exact) mass is 414 g/mol. The molecule has 0 saturated heterocycles. The highest BCUT2D eigenvalue weighted by Crippen LogP contribution is 2.10. The van der Waals surface area contributed by atoms with E-state index in [4.69, 9.17) is 9.84 Å². The van der Waals surface area contributed by atoms with Gasteiger partial charge in [0.15, 0.2) is 24.9 Å². The van der Waals surface area contributed by atoms with Crippen LogP contribution in [0, 0.1) is 0 Å². The highest BCUT2D eigenvalue weighted by molar-refractivity contribution is 7.92. The molecule has 0 bridgehead atoms. The van der Waals surface area contributed by atoms with E-state index >= 15 is 0 Å². The minimum absolute atomic E-state index is 0.0428. The topological polar surface area (TPSA) is 132 Å². The van der Waals surface area contributed by atoms with E-state index < -0.39 is 36.9 Å². The molecule has 0 aromatic heterocycles. The van der Waals surface area contributed by atoms with Crippen LogP contribution in [0.5, 0.6) is 0 Å². The number of rotatable bonds is 15. The normalized spacial score (nSPS) is 13.3. The Kier molecular flexibility index (Phi) is 11.7. The van der Waals surface area contributed by atoms with Crippen LogP contribution in [0.1, 0.15) is 58.8 Å². The molecule has 8 nitrogen and oxygen atoms in total. The SMILES string of the molecule is CCC(=O)OCCS(=O)(=O)CCCCCCCCS(=O)(=O)C(C)C(=O)O. The summed E-state index contributed by atoms with van der Waals surface area (Å²) in [6, 6.07) is 0. The van der Waals surface area contributed by atoms with Crippen LogP contribution in [-0.2, 0) is 34.0 Å². The number of hydrogen-bond acceptors (Lipinski definition) is 7. The molecule has 10 heteroatoms. The van der Waals surface area contributed by atoms with E-state index in [0.29, 0.717) is 25.7 Å². The van der Waals surface area contributed by atoms with Crippen molar-refractivity contribution in [2.45, 2.75) is 64.0 Å². The van der Waals surface area contributed by atoms with Crippen LogP contribution in [0.4, 0.5) is 0 Å². The maximum Gasteiger partial charge on any atom is 0.321 e. The molecule has 0 aromatic rings. The molecule has 0 amide bonds. The number of esters is 1. The lowest BCUT2D eigenvalue weighted by Gasteiger charge is -2.08. The second-order valence-corrected chi connectivity index (χ2v) is 10.9. The molecule has 26 heavy (non-hydrogen) atoms. The molecule has 0 aliphatic heterocycles. The molecule has 1 atom stereocenters. The van der Waals surface area contributed by atoms with Gasteiger partial charge in [0.05, 0.1) is 17.3 Å². The van der Waals surface area contributed by atoms with Gasteiger partial charge in [-0.05, 0) is 19.8 Å². The Morgan fingerprint density at radius 2 is 1.38 bits per heavy atom. The average Bonchev–Trinajstić information content (AvgIpc) is 2.55. The van der Waals surface area contributed by atoms with Gasteiger partial charge in [0.25, 0.3) is 0 Å². The number of carbonyl (C=O) groups is 2. The number of carbonyl (C=O) groups excluding carboxylic acids is 1. The summed E-state index contributed by atoms with van der Waals surface area (Å²) < 4.78 is 51.6. The van der Waals surface area contributed by atoms with E-state index in [1.54, 1.807) is 6.92 Å². The molecule has 0 aliphatic carbocycles. The fourth-order valence-corrected chi connectivity index (χ4v) is 4.60. The van der Waals surface area contributed by atoms with Gasteiger partial charge in [0.2, 0.25) is 0 Å². The van der Waals surface area contributed by atoms with Gasteiger partial charge >= 0.3 is 11.9 Å². The molecular formula is C16H30O8S2. The second kappa shape index (κ2) is 12.3. The van der Waals surface area contributed by atoms with E-state index in [1.165, 1.54) is 6.92 Å². The van der Waals surface area contributed by atoms with Crippen LogP contribution in [0.25, 0.3) is 0 Å². The first-order valence-corrected chi connectivity index (χ1v) is 12.4. The lowest BCUT2D eigenvalue weighted by Crippen LogP contribution is -2.29. The molecular weight excluding hydrogens is 384 g/mol. The smallest absolute Gasteiger partial charge is 0.321 e. The maximum absolute atomic E-state index is 11.8. The zero-order chi connectivity index (χ0) is 20.2. The summed E-state index contributed by atoms with van der Waals surface area (Å²) in [5.74, 6) is -2.03. The van der Waals surface area contributed by atoms with Crippen LogP contribution < -0.4 is 0 Å². The van der Waals surface area contributed by atoms with Crippen molar-refractivity contribution in [1.29, 1.82) is 0 Å². The first-order chi connectivity index (χ1) is 12.0. The molecule has 0 aliphatic rings. The second-order valence-electron chi connectivity index (χ2n) is 6.19. The Labute approximate surface area is 156 Å². The van der Waals surface area contributed by atoms with Crippen LogP contribution in [0.3, 0.4) is 0 Å². The maximum atomic E-state index is 11.8. The summed E-state index contributed by atoms with van der Waals surface area (Å²) in [6.07, 6.45) is 4.06. The van der Waals surface area contributed by atoms with Crippen molar-refractivity contribution < 1.29 is 36.3 Å². The molecule has 0 saturated carbocycles. The lowest BCUT2D eigenvalue weighted by molar-refractivity contribution is -0.142. The molecule has 154 valence electrons. The van der Waals surface area contributed by atoms with Gasteiger partial charge in [0.1, 0.15) is 6.61 Å². The van der Waals surface area contributed by atoms with E-state index in [0.717, 1.165) is 12.8 Å². The number of carboxylic acid groups (broad SMARTS) is 1. The highest BCUT2D eigenvalue weighted by atomic mass is 32.2. The number of ether oxygens (including phenoxy) is 1. The minimum atomic E-state index is -3.61. The summed E-state index contributed by atoms with van der Waals surface area (Å²) in [7, 11) is -6.84. The molecule has 1 unspecified atom stereocenters. The summed E-state index contributed by atoms with van der Waals surface area (Å²) in [5, 5.41) is 7.34. The van der Waals surface area contributed by atoms with E-state index in [9.17, 15) is 26.4 Å². The van der Waals surface area contributed by atoms with Gasteiger partial charge in [-0.2, -0.15) is 0 Å². The van der Waals surface area contributed by atoms with Crippen LogP contribution >= 0.6 is 0 Å². The minimum Gasteiger partial charge on any atom is -0.480 e. The van der Waals surface area contributed by atoms with Gasteiger partial charge in [-0.1, -0.05) is 32.6 Å². The summed E-state index contributed by atoms with van der Waals surface area (Å²) >= 11 is 0. The third-order valence-electron chi connectivity index (χ3n) is 3.97. The molecule has 1 N–H and O–H groups in total. The standard InChI is InChI=1S/C16H30O8S2/c1-3-15(17)24-10-13-25(20,21)11-8-6-4-5-7-9-12-26(22,23)14(2)16(18)19/h14H,3-13H2,1-2H3,(H,18,19). The number of sulfone groups is 2. The fourth-order valence-electron chi connectivity index (χ4n) is 2.15. The lowest BCUT2D eigenvalue weighted by atomic mass is 10.1. The van der Waals surface area contributed by atoms with Crippen molar-refractivity contribution >= 4 is 31.6 Å². The van der Waals surface area contributed by atoms with Gasteiger partial charge in [-0.25, -0.2) is 16.8 Å². The van der Waals surface area contributed by atoms with Crippen molar-refractivity contribution in [1.82, 2.24) is 0 Å². The Bertz CT molecular complexity index is 637. The molecule has 0 heterocycles. The quantitative estimate of drug-likeness (QED) is 0.315. The van der Waals surface area contributed by atoms with Crippen molar-refractivity contribution in [2.75, 3.05) is 23.9 Å². The summed E-state index contributed by atoms with van der Waals surface area (Å²) in [6.45, 7) is 2.69. The van der Waals surface area contributed by atoms with Gasteiger partial charge in [0, 0.05) is 6.42 Å². The van der Waals surface area contributed by atoms with Gasteiger partial charge in [-0.3, -0.25) is 9.59 Å². The molecule has 0 aromatic carbocycles. The van der Waals surface area contributed by atoms with E-state index in [1.807, 2.05) is 0 Å². The van der Waals surface area contributed by atoms with Crippen LogP contribution in [0.15, 0.2) is 0 Å². The summed E-state index contributed by atoms with van der Waals surface area (Å²) in [5.41, 5.74) is 0. The largest absolute Gasteiger partial charge is 0.480 e. The fraction of sp³-hybridized carbons (Fsp3) is 0.875. The predicted octanol–water partition coefficient (Wildman–Crippen LogP) is 1.58. The predicted molar refractivity (Wildman–Crippen MR) is 98.5 cm³/mol. The highest BCUT2D eigenvalue weighted by Gasteiger charge is 2.26. The molecule has 0 rings (SSSR count). The Morgan fingerprint density at radius 3 is 1.88 bits per heavy atom. The van der Waals surface area contributed by atoms with Crippen molar-refractivity contribution in [2.24, 2.45) is 0 Å². The number of hydrogen-bond donors (Lipinski definition) is 1. The van der Waals surface area contributed by atoms with Crippen molar-refractivity contribution in [3.8, 4) is 0 Å². The van der Waals surface area contributed by atoms with Gasteiger partial charge in [-0.15, -0.1) is 0 Å². The zero-order valence-corrected chi connectivity index (χ0v) is 17.1. The van der Waals surface area contributed by atoms with Crippen molar-refractivity contribution in [3.63, 3.8) is 0 Å². The Hall–Kier alpha value is -1.16. The number of carboxylic acids is 1. The van der Waals surface area contributed by atoms with E-state index in [2.05, 4.69) is 0 Å². The Morgan fingerprint density at radius 1 is 0.885 bits per heavy atom. The molecule has 0 fully saturated rings. The third kappa shape index (κ3) is 11.5. The molecule has 0 spiro atoms. The van der Waals surface area contributed by atoms with Crippen LogP contribution in [0.2, 0.25) is 0 Å². The first-order valence-electron chi connectivity index (χ1n) is 8.82. The first kappa shape index (κ1) is 24.8. The summed E-state index contributed by atoms with van der Waals surface area (Å²) in [4.78, 5) is 21.6. The van der Waals surface area contributed by atoms with Crippen LogP contribution in [-0.4, -0.2) is 63.0 Å². The zero-order valence-electron chi connectivity index (χ0n) is 15.5. The molecule has 0 radical (unpaired) electrons. The van der Waals surface area contributed by atoms with Gasteiger partial charge < -0.3 is 9.84 Å². The van der Waals surface area contributed by atoms with E-state index in [-0.39, 0.29) is 30.3 Å². The Balaban J connectivity index is 3.78.